The zero-order valence-corrected chi connectivity index (χ0v) is 13.2. The molecular formula is C17H22FNOS. The minimum atomic E-state index is -0.208. The van der Waals surface area contributed by atoms with Crippen LogP contribution in [0.4, 0.5) is 4.39 Å². The Morgan fingerprint density at radius 1 is 1.38 bits per heavy atom. The summed E-state index contributed by atoms with van der Waals surface area (Å²) < 4.78 is 19.3. The van der Waals surface area contributed by atoms with Gasteiger partial charge in [-0.15, -0.1) is 0 Å². The molecule has 0 aliphatic carbocycles. The zero-order chi connectivity index (χ0) is 14.7. The summed E-state index contributed by atoms with van der Waals surface area (Å²) in [6, 6.07) is 6.96. The quantitative estimate of drug-likeness (QED) is 0.850. The largest absolute Gasteiger partial charge is 0.459 e. The van der Waals surface area contributed by atoms with Gasteiger partial charge in [0.1, 0.15) is 17.2 Å². The number of thioether (sulfide) groups is 1. The molecule has 4 heteroatoms. The van der Waals surface area contributed by atoms with Gasteiger partial charge >= 0.3 is 0 Å². The maximum Gasteiger partial charge on any atom is 0.134 e. The molecule has 21 heavy (non-hydrogen) atoms. The number of fused-ring (bicyclic) bond motifs is 1. The minimum Gasteiger partial charge on any atom is -0.459 e. The van der Waals surface area contributed by atoms with Crippen LogP contribution in [0.1, 0.15) is 44.4 Å². The number of halogens is 1. The molecule has 2 nitrogen and oxygen atoms in total. The summed E-state index contributed by atoms with van der Waals surface area (Å²) in [4.78, 5) is 0. The molecule has 114 valence electrons. The molecule has 1 saturated heterocycles. The molecule has 1 aromatic carbocycles. The summed E-state index contributed by atoms with van der Waals surface area (Å²) in [5, 5.41) is 5.03. The van der Waals surface area contributed by atoms with Gasteiger partial charge < -0.3 is 9.73 Å². The number of hydrogen-bond acceptors (Lipinski definition) is 3. The highest BCUT2D eigenvalue weighted by molar-refractivity contribution is 8.00. The van der Waals surface area contributed by atoms with Crippen molar-refractivity contribution in [3.05, 3.63) is 35.8 Å². The molecule has 0 bridgehead atoms. The number of hydrogen-bond donors (Lipinski definition) is 1. The van der Waals surface area contributed by atoms with Gasteiger partial charge in [0.2, 0.25) is 0 Å². The fourth-order valence-electron chi connectivity index (χ4n) is 2.93. The highest BCUT2D eigenvalue weighted by Crippen LogP contribution is 2.36. The summed E-state index contributed by atoms with van der Waals surface area (Å²) in [6.45, 7) is 3.15. The first kappa shape index (κ1) is 14.9. The van der Waals surface area contributed by atoms with Crippen molar-refractivity contribution < 1.29 is 8.81 Å². The lowest BCUT2D eigenvalue weighted by molar-refractivity contribution is 0.403. The molecule has 1 fully saturated rings. The molecule has 1 N–H and O–H groups in total. The van der Waals surface area contributed by atoms with Crippen molar-refractivity contribution in [2.45, 2.75) is 43.9 Å². The molecule has 1 aliphatic heterocycles. The SMILES string of the molecule is CCCNC(c1cc2cc(F)ccc2o1)C1CCCCS1. The average Bonchev–Trinajstić information content (AvgIpc) is 2.91. The van der Waals surface area contributed by atoms with E-state index in [1.807, 2.05) is 17.8 Å². The molecule has 2 aromatic rings. The lowest BCUT2D eigenvalue weighted by Crippen LogP contribution is -2.32. The second kappa shape index (κ2) is 6.84. The van der Waals surface area contributed by atoms with Crippen LogP contribution in [0, 0.1) is 5.82 Å². The van der Waals surface area contributed by atoms with E-state index in [4.69, 9.17) is 4.42 Å². The average molecular weight is 307 g/mol. The Bertz CT molecular complexity index is 591. The second-order valence-corrected chi connectivity index (χ2v) is 7.01. The maximum absolute atomic E-state index is 13.3. The fourth-order valence-corrected chi connectivity index (χ4v) is 4.36. The van der Waals surface area contributed by atoms with Gasteiger partial charge in [0.05, 0.1) is 6.04 Å². The Balaban J connectivity index is 1.88. The molecule has 2 atom stereocenters. The summed E-state index contributed by atoms with van der Waals surface area (Å²) in [5.74, 6) is 1.97. The third-order valence-electron chi connectivity index (χ3n) is 4.00. The van der Waals surface area contributed by atoms with Crippen LogP contribution >= 0.6 is 11.8 Å². The fraction of sp³-hybridized carbons (Fsp3) is 0.529. The summed E-state index contributed by atoms with van der Waals surface area (Å²) in [7, 11) is 0. The number of nitrogens with one attached hydrogen (secondary N) is 1. The summed E-state index contributed by atoms with van der Waals surface area (Å²) in [6.07, 6.45) is 4.92. The van der Waals surface area contributed by atoms with E-state index in [-0.39, 0.29) is 11.9 Å². The van der Waals surface area contributed by atoms with Crippen molar-refractivity contribution in [1.29, 1.82) is 0 Å². The van der Waals surface area contributed by atoms with E-state index >= 15 is 0 Å². The van der Waals surface area contributed by atoms with E-state index in [1.54, 1.807) is 12.1 Å². The Kier molecular flexibility index (Phi) is 4.86. The first-order valence-electron chi connectivity index (χ1n) is 7.82. The predicted octanol–water partition coefficient (Wildman–Crippen LogP) is 4.90. The van der Waals surface area contributed by atoms with Crippen molar-refractivity contribution in [2.24, 2.45) is 0 Å². The third-order valence-corrected chi connectivity index (χ3v) is 5.47. The highest BCUT2D eigenvalue weighted by Gasteiger charge is 2.27. The first-order chi connectivity index (χ1) is 10.3. The normalized spacial score (nSPS) is 20.8. The Morgan fingerprint density at radius 2 is 2.29 bits per heavy atom. The van der Waals surface area contributed by atoms with E-state index in [1.165, 1.54) is 31.1 Å². The van der Waals surface area contributed by atoms with Crippen LogP contribution in [0.5, 0.6) is 0 Å². The molecule has 1 aromatic heterocycles. The van der Waals surface area contributed by atoms with E-state index in [9.17, 15) is 4.39 Å². The first-order valence-corrected chi connectivity index (χ1v) is 8.87. The Morgan fingerprint density at radius 3 is 3.05 bits per heavy atom. The molecule has 0 spiro atoms. The van der Waals surface area contributed by atoms with Gasteiger partial charge in [-0.25, -0.2) is 4.39 Å². The summed E-state index contributed by atoms with van der Waals surface area (Å²) >= 11 is 2.03. The molecular weight excluding hydrogens is 285 g/mol. The monoisotopic (exact) mass is 307 g/mol. The third kappa shape index (κ3) is 3.43. The van der Waals surface area contributed by atoms with Crippen molar-refractivity contribution in [1.82, 2.24) is 5.32 Å². The van der Waals surface area contributed by atoms with Crippen molar-refractivity contribution in [3.8, 4) is 0 Å². The maximum atomic E-state index is 13.3. The predicted molar refractivity (Wildman–Crippen MR) is 87.3 cm³/mol. The van der Waals surface area contributed by atoms with Gasteiger partial charge in [-0.3, -0.25) is 0 Å². The van der Waals surface area contributed by atoms with Gasteiger partial charge in [-0.1, -0.05) is 13.3 Å². The van der Waals surface area contributed by atoms with Gasteiger partial charge in [-0.2, -0.15) is 11.8 Å². The molecule has 0 amide bonds. The molecule has 2 heterocycles. The van der Waals surface area contributed by atoms with E-state index in [0.717, 1.165) is 29.7 Å². The number of benzene rings is 1. The molecule has 1 aliphatic rings. The van der Waals surface area contributed by atoms with Crippen LogP contribution in [0.2, 0.25) is 0 Å². The van der Waals surface area contributed by atoms with E-state index in [0.29, 0.717) is 5.25 Å². The van der Waals surface area contributed by atoms with E-state index in [2.05, 4.69) is 12.2 Å². The summed E-state index contributed by atoms with van der Waals surface area (Å²) in [5.41, 5.74) is 0.774. The van der Waals surface area contributed by atoms with Gasteiger partial charge in [0.25, 0.3) is 0 Å². The lowest BCUT2D eigenvalue weighted by atomic mass is 10.0. The number of rotatable bonds is 5. The van der Waals surface area contributed by atoms with Crippen LogP contribution in [0.25, 0.3) is 11.0 Å². The molecule has 0 radical (unpaired) electrons. The van der Waals surface area contributed by atoms with Crippen molar-refractivity contribution in [2.75, 3.05) is 12.3 Å². The van der Waals surface area contributed by atoms with Gasteiger partial charge in [0.15, 0.2) is 0 Å². The van der Waals surface area contributed by atoms with Gasteiger partial charge in [0, 0.05) is 10.6 Å². The van der Waals surface area contributed by atoms with Crippen LogP contribution in [0.3, 0.4) is 0 Å². The zero-order valence-electron chi connectivity index (χ0n) is 12.4. The molecule has 2 unspecified atom stereocenters. The number of furan rings is 1. The van der Waals surface area contributed by atoms with Crippen LogP contribution in [-0.2, 0) is 0 Å². The Hall–Kier alpha value is -1.000. The van der Waals surface area contributed by atoms with E-state index < -0.39 is 0 Å². The van der Waals surface area contributed by atoms with Crippen LogP contribution in [0.15, 0.2) is 28.7 Å². The van der Waals surface area contributed by atoms with Crippen molar-refractivity contribution in [3.63, 3.8) is 0 Å². The lowest BCUT2D eigenvalue weighted by Gasteiger charge is -2.29. The molecule has 3 rings (SSSR count). The van der Waals surface area contributed by atoms with Crippen molar-refractivity contribution >= 4 is 22.7 Å². The highest BCUT2D eigenvalue weighted by atomic mass is 32.2. The molecule has 0 saturated carbocycles. The smallest absolute Gasteiger partial charge is 0.134 e. The van der Waals surface area contributed by atoms with Gasteiger partial charge in [-0.05, 0) is 55.8 Å². The standard InChI is InChI=1S/C17H22FNOS/c1-2-8-19-17(16-5-3-4-9-21-16)15-11-12-10-13(18)6-7-14(12)20-15/h6-7,10-11,16-17,19H,2-5,8-9H2,1H3. The van der Waals surface area contributed by atoms with Crippen LogP contribution < -0.4 is 5.32 Å². The second-order valence-electron chi connectivity index (χ2n) is 5.67. The Labute approximate surface area is 129 Å². The minimum absolute atomic E-state index is 0.208. The topological polar surface area (TPSA) is 25.2 Å². The van der Waals surface area contributed by atoms with Crippen LogP contribution in [-0.4, -0.2) is 17.5 Å².